The number of methoxy groups -OCH3 is 1. The van der Waals surface area contributed by atoms with Crippen molar-refractivity contribution in [2.24, 2.45) is 0 Å². The smallest absolute Gasteiger partial charge is 0.255 e. The minimum atomic E-state index is -0.408. The van der Waals surface area contributed by atoms with Crippen LogP contribution < -0.4 is 20.7 Å². The van der Waals surface area contributed by atoms with Crippen molar-refractivity contribution in [3.8, 4) is 5.75 Å². The van der Waals surface area contributed by atoms with Crippen molar-refractivity contribution in [2.75, 3.05) is 12.4 Å². The lowest BCUT2D eigenvalue weighted by Crippen LogP contribution is -2.45. The third-order valence-electron chi connectivity index (χ3n) is 4.13. The minimum Gasteiger partial charge on any atom is -0.495 e. The van der Waals surface area contributed by atoms with Crippen molar-refractivity contribution in [3.63, 3.8) is 0 Å². The molecule has 3 rings (SSSR count). The van der Waals surface area contributed by atoms with Gasteiger partial charge in [-0.25, -0.2) is 0 Å². The number of thiocarbonyl (C=S) groups is 1. The van der Waals surface area contributed by atoms with Gasteiger partial charge in [0.2, 0.25) is 0 Å². The molecule has 1 heterocycles. The lowest BCUT2D eigenvalue weighted by molar-refractivity contribution is -0.113. The van der Waals surface area contributed by atoms with Gasteiger partial charge >= 0.3 is 0 Å². The normalized spacial score (nSPS) is 16.4. The number of carbonyl (C=O) groups is 1. The molecule has 5 nitrogen and oxygen atoms in total. The largest absolute Gasteiger partial charge is 0.495 e. The van der Waals surface area contributed by atoms with Crippen molar-refractivity contribution in [3.05, 3.63) is 69.3 Å². The Hall–Kier alpha value is -2.28. The molecule has 0 radical (unpaired) electrons. The maximum atomic E-state index is 13.1. The van der Waals surface area contributed by atoms with Crippen LogP contribution in [0.4, 0.5) is 5.69 Å². The summed E-state index contributed by atoms with van der Waals surface area (Å²) in [4.78, 5) is 13.1. The molecule has 1 aliphatic heterocycles. The Labute approximate surface area is 172 Å². The molecule has 2 aromatic rings. The fraction of sp³-hybridized carbons (Fsp3) is 0.158. The van der Waals surface area contributed by atoms with Gasteiger partial charge in [0.1, 0.15) is 5.75 Å². The molecular formula is C19H17Cl2N3O2S. The molecule has 0 aromatic heterocycles. The van der Waals surface area contributed by atoms with Gasteiger partial charge in [-0.1, -0.05) is 35.3 Å². The zero-order valence-corrected chi connectivity index (χ0v) is 16.9. The number of carbonyl (C=O) groups excluding carboxylic acids is 1. The molecule has 1 atom stereocenters. The highest BCUT2D eigenvalue weighted by molar-refractivity contribution is 7.80. The Balaban J connectivity index is 1.95. The summed E-state index contributed by atoms with van der Waals surface area (Å²) in [6, 6.07) is 11.9. The highest BCUT2D eigenvalue weighted by atomic mass is 35.5. The Morgan fingerprint density at radius 1 is 1.15 bits per heavy atom. The van der Waals surface area contributed by atoms with Crippen LogP contribution in [0.15, 0.2) is 53.7 Å². The van der Waals surface area contributed by atoms with Gasteiger partial charge in [-0.15, -0.1) is 0 Å². The lowest BCUT2D eigenvalue weighted by atomic mass is 9.95. The highest BCUT2D eigenvalue weighted by Crippen LogP contribution is 2.31. The molecule has 0 spiro atoms. The van der Waals surface area contributed by atoms with Gasteiger partial charge in [0.25, 0.3) is 5.91 Å². The molecule has 0 bridgehead atoms. The van der Waals surface area contributed by atoms with Crippen molar-refractivity contribution >= 4 is 52.1 Å². The van der Waals surface area contributed by atoms with Gasteiger partial charge in [0, 0.05) is 21.8 Å². The first kappa shape index (κ1) is 19.5. The van der Waals surface area contributed by atoms with E-state index in [2.05, 4.69) is 16.0 Å². The zero-order chi connectivity index (χ0) is 19.6. The van der Waals surface area contributed by atoms with Crippen molar-refractivity contribution in [2.45, 2.75) is 13.0 Å². The van der Waals surface area contributed by atoms with E-state index in [1.807, 2.05) is 19.1 Å². The van der Waals surface area contributed by atoms with E-state index in [4.69, 9.17) is 40.2 Å². The van der Waals surface area contributed by atoms with E-state index < -0.39 is 6.04 Å². The number of ether oxygens (including phenoxy) is 1. The number of allylic oxidation sites excluding steroid dienone is 1. The molecule has 27 heavy (non-hydrogen) atoms. The summed E-state index contributed by atoms with van der Waals surface area (Å²) in [5.74, 6) is 0.194. The average Bonchev–Trinajstić information content (AvgIpc) is 2.63. The fourth-order valence-corrected chi connectivity index (χ4v) is 3.42. The molecule has 1 amide bonds. The van der Waals surface area contributed by atoms with E-state index in [1.165, 1.54) is 7.11 Å². The first-order valence-electron chi connectivity index (χ1n) is 8.07. The summed E-state index contributed by atoms with van der Waals surface area (Å²) in [6.45, 7) is 1.81. The summed E-state index contributed by atoms with van der Waals surface area (Å²) in [7, 11) is 1.52. The molecule has 8 heteroatoms. The number of amides is 1. The second-order valence-corrected chi connectivity index (χ2v) is 7.20. The number of rotatable bonds is 4. The van der Waals surface area contributed by atoms with Gasteiger partial charge in [-0.2, -0.15) is 0 Å². The third kappa shape index (κ3) is 4.35. The van der Waals surface area contributed by atoms with Gasteiger partial charge in [0.15, 0.2) is 5.11 Å². The maximum Gasteiger partial charge on any atom is 0.255 e. The standard InChI is InChI=1S/C19H17Cl2N3O2S/c1-10-16(18(25)23-14-8-7-13(21)9-15(14)26-2)17(24-19(27)22-10)11-3-5-12(20)6-4-11/h3-9,17H,1-2H3,(H,23,25)(H2,22,24,27). The van der Waals surface area contributed by atoms with E-state index in [-0.39, 0.29) is 5.91 Å². The van der Waals surface area contributed by atoms with E-state index >= 15 is 0 Å². The van der Waals surface area contributed by atoms with Crippen LogP contribution in [0.25, 0.3) is 0 Å². The first-order valence-corrected chi connectivity index (χ1v) is 9.24. The van der Waals surface area contributed by atoms with Gasteiger partial charge in [-0.3, -0.25) is 4.79 Å². The van der Waals surface area contributed by atoms with Crippen LogP contribution in [0.3, 0.4) is 0 Å². The topological polar surface area (TPSA) is 62.4 Å². The van der Waals surface area contributed by atoms with Crippen LogP contribution in [-0.2, 0) is 4.79 Å². The van der Waals surface area contributed by atoms with E-state index in [0.717, 1.165) is 5.56 Å². The van der Waals surface area contributed by atoms with Crippen molar-refractivity contribution < 1.29 is 9.53 Å². The monoisotopic (exact) mass is 421 g/mol. The predicted octanol–water partition coefficient (Wildman–Crippen LogP) is 4.43. The molecular weight excluding hydrogens is 405 g/mol. The molecule has 1 aliphatic rings. The maximum absolute atomic E-state index is 13.1. The van der Waals surface area contributed by atoms with Crippen LogP contribution in [0.2, 0.25) is 10.0 Å². The summed E-state index contributed by atoms with van der Waals surface area (Å²) in [5, 5.41) is 10.6. The van der Waals surface area contributed by atoms with E-state index in [9.17, 15) is 4.79 Å². The molecule has 0 saturated carbocycles. The van der Waals surface area contributed by atoms with Gasteiger partial charge in [0.05, 0.1) is 24.4 Å². The second-order valence-electron chi connectivity index (χ2n) is 5.92. The lowest BCUT2D eigenvalue weighted by Gasteiger charge is -2.30. The Bertz CT molecular complexity index is 929. The Morgan fingerprint density at radius 2 is 1.81 bits per heavy atom. The molecule has 2 aromatic carbocycles. The molecule has 0 saturated heterocycles. The zero-order valence-electron chi connectivity index (χ0n) is 14.6. The summed E-state index contributed by atoms with van der Waals surface area (Å²) < 4.78 is 5.30. The summed E-state index contributed by atoms with van der Waals surface area (Å²) in [6.07, 6.45) is 0. The second kappa shape index (κ2) is 8.17. The number of nitrogens with one attached hydrogen (secondary N) is 3. The average molecular weight is 422 g/mol. The van der Waals surface area contributed by atoms with E-state index in [0.29, 0.717) is 37.9 Å². The first-order chi connectivity index (χ1) is 12.9. The molecule has 140 valence electrons. The SMILES string of the molecule is COc1cc(Cl)ccc1NC(=O)C1=C(C)NC(=S)NC1c1ccc(Cl)cc1. The Morgan fingerprint density at radius 3 is 2.48 bits per heavy atom. The quantitative estimate of drug-likeness (QED) is 0.637. The minimum absolute atomic E-state index is 0.282. The van der Waals surface area contributed by atoms with Gasteiger partial charge < -0.3 is 20.7 Å². The molecule has 3 N–H and O–H groups in total. The van der Waals surface area contributed by atoms with E-state index in [1.54, 1.807) is 30.3 Å². The summed E-state index contributed by atoms with van der Waals surface area (Å²) in [5.41, 5.74) is 2.58. The highest BCUT2D eigenvalue weighted by Gasteiger charge is 2.30. The number of anilines is 1. The molecule has 0 fully saturated rings. The predicted molar refractivity (Wildman–Crippen MR) is 112 cm³/mol. The number of halogens is 2. The van der Waals surface area contributed by atoms with Crippen LogP contribution in [0, 0.1) is 0 Å². The molecule has 0 aliphatic carbocycles. The Kier molecular flexibility index (Phi) is 5.89. The fourth-order valence-electron chi connectivity index (χ4n) is 2.86. The van der Waals surface area contributed by atoms with Crippen molar-refractivity contribution in [1.29, 1.82) is 0 Å². The third-order valence-corrected chi connectivity index (χ3v) is 4.84. The van der Waals surface area contributed by atoms with Gasteiger partial charge in [-0.05, 0) is 49.0 Å². The van der Waals surface area contributed by atoms with Crippen molar-refractivity contribution in [1.82, 2.24) is 10.6 Å². The number of benzene rings is 2. The summed E-state index contributed by atoms with van der Waals surface area (Å²) >= 11 is 17.2. The molecule has 1 unspecified atom stereocenters. The number of hydrogen-bond donors (Lipinski definition) is 3. The van der Waals surface area contributed by atoms with Crippen LogP contribution in [0.1, 0.15) is 18.5 Å². The van der Waals surface area contributed by atoms with Crippen LogP contribution >= 0.6 is 35.4 Å². The van der Waals surface area contributed by atoms with Crippen LogP contribution in [0.5, 0.6) is 5.75 Å². The van der Waals surface area contributed by atoms with Crippen LogP contribution in [-0.4, -0.2) is 18.1 Å². The number of hydrogen-bond acceptors (Lipinski definition) is 3.